The van der Waals surface area contributed by atoms with Gasteiger partial charge in [0.25, 0.3) is 0 Å². The molecule has 56 valence electrons. The first-order chi connectivity index (χ1) is 3.62. The summed E-state index contributed by atoms with van der Waals surface area (Å²) >= 11 is 0. The SMILES string of the molecule is C=CC[N+](C)(C)CC.O. The summed E-state index contributed by atoms with van der Waals surface area (Å²) in [6.45, 7) is 8.10. The molecule has 0 amide bonds. The van der Waals surface area contributed by atoms with Gasteiger partial charge in [-0.25, -0.2) is 0 Å². The lowest BCUT2D eigenvalue weighted by molar-refractivity contribution is -0.882. The van der Waals surface area contributed by atoms with E-state index in [9.17, 15) is 0 Å². The van der Waals surface area contributed by atoms with Crippen LogP contribution in [0.1, 0.15) is 6.92 Å². The minimum absolute atomic E-state index is 0. The van der Waals surface area contributed by atoms with Crippen LogP contribution in [0, 0.1) is 0 Å². The van der Waals surface area contributed by atoms with Crippen LogP contribution in [-0.2, 0) is 0 Å². The van der Waals surface area contributed by atoms with Gasteiger partial charge in [-0.1, -0.05) is 6.58 Å². The van der Waals surface area contributed by atoms with E-state index in [1.807, 2.05) is 6.08 Å². The molecule has 0 aromatic heterocycles. The average Bonchev–Trinajstić information content (AvgIpc) is 1.67. The first-order valence-corrected chi connectivity index (χ1v) is 3.05. The molecule has 9 heavy (non-hydrogen) atoms. The van der Waals surface area contributed by atoms with Gasteiger partial charge in [-0.05, 0) is 13.0 Å². The number of nitrogens with zero attached hydrogens (tertiary/aromatic N) is 1. The molecule has 2 heteroatoms. The Morgan fingerprint density at radius 3 is 2.00 bits per heavy atom. The fraction of sp³-hybridized carbons (Fsp3) is 0.714. The molecule has 0 saturated heterocycles. The van der Waals surface area contributed by atoms with Crippen molar-refractivity contribution in [3.8, 4) is 0 Å². The van der Waals surface area contributed by atoms with Gasteiger partial charge in [0.1, 0.15) is 0 Å². The van der Waals surface area contributed by atoms with Gasteiger partial charge in [-0.2, -0.15) is 0 Å². The van der Waals surface area contributed by atoms with Crippen molar-refractivity contribution in [2.45, 2.75) is 6.92 Å². The van der Waals surface area contributed by atoms with Crippen LogP contribution >= 0.6 is 0 Å². The summed E-state index contributed by atoms with van der Waals surface area (Å²) in [5.41, 5.74) is 0. The van der Waals surface area contributed by atoms with E-state index in [2.05, 4.69) is 27.6 Å². The lowest BCUT2D eigenvalue weighted by atomic mass is 10.4. The standard InChI is InChI=1S/C7H16N.H2O/c1-5-7-8(3,4)6-2;/h5H,1,6-7H2,2-4H3;1H2/q+1;. The largest absolute Gasteiger partial charge is 0.412 e. The van der Waals surface area contributed by atoms with Gasteiger partial charge in [0, 0.05) is 0 Å². The van der Waals surface area contributed by atoms with E-state index >= 15 is 0 Å². The highest BCUT2D eigenvalue weighted by molar-refractivity contribution is 4.63. The second kappa shape index (κ2) is 4.53. The Kier molecular flexibility index (Phi) is 5.77. The molecule has 0 saturated carbocycles. The summed E-state index contributed by atoms with van der Waals surface area (Å²) in [6, 6.07) is 0. The van der Waals surface area contributed by atoms with Crippen LogP contribution in [0.5, 0.6) is 0 Å². The summed E-state index contributed by atoms with van der Waals surface area (Å²) in [5, 5.41) is 0. The van der Waals surface area contributed by atoms with Gasteiger partial charge < -0.3 is 9.96 Å². The molecule has 0 radical (unpaired) electrons. The van der Waals surface area contributed by atoms with Crippen LogP contribution in [0.3, 0.4) is 0 Å². The average molecular weight is 132 g/mol. The van der Waals surface area contributed by atoms with Crippen molar-refractivity contribution in [2.75, 3.05) is 27.2 Å². The molecule has 0 fully saturated rings. The maximum absolute atomic E-state index is 3.68. The first-order valence-electron chi connectivity index (χ1n) is 3.05. The molecule has 0 atom stereocenters. The lowest BCUT2D eigenvalue weighted by Gasteiger charge is -2.26. The molecular weight excluding hydrogens is 114 g/mol. The smallest absolute Gasteiger partial charge is 0.0966 e. The normalized spacial score (nSPS) is 10.1. The van der Waals surface area contributed by atoms with E-state index in [0.717, 1.165) is 11.0 Å². The van der Waals surface area contributed by atoms with Crippen molar-refractivity contribution in [3.05, 3.63) is 12.7 Å². The highest BCUT2D eigenvalue weighted by atomic mass is 16.0. The monoisotopic (exact) mass is 132 g/mol. The number of hydrogen-bond donors (Lipinski definition) is 0. The fourth-order valence-electron chi connectivity index (χ4n) is 0.479. The second-order valence-electron chi connectivity index (χ2n) is 2.72. The zero-order valence-corrected chi connectivity index (χ0v) is 6.65. The molecule has 0 rings (SSSR count). The third kappa shape index (κ3) is 5.53. The van der Waals surface area contributed by atoms with Gasteiger partial charge >= 0.3 is 0 Å². The molecule has 0 aliphatic rings. The lowest BCUT2D eigenvalue weighted by Crippen LogP contribution is -2.38. The van der Waals surface area contributed by atoms with E-state index in [1.165, 1.54) is 6.54 Å². The fourth-order valence-corrected chi connectivity index (χ4v) is 0.479. The number of rotatable bonds is 3. The number of quaternary nitrogens is 1. The summed E-state index contributed by atoms with van der Waals surface area (Å²) in [5.74, 6) is 0. The summed E-state index contributed by atoms with van der Waals surface area (Å²) in [4.78, 5) is 0. The molecule has 0 aromatic rings. The Bertz CT molecular complexity index is 79.0. The third-order valence-corrected chi connectivity index (χ3v) is 1.48. The Balaban J connectivity index is 0. The van der Waals surface area contributed by atoms with E-state index in [4.69, 9.17) is 0 Å². The van der Waals surface area contributed by atoms with Gasteiger partial charge in [0.15, 0.2) is 0 Å². The van der Waals surface area contributed by atoms with Gasteiger partial charge in [0.2, 0.25) is 0 Å². The van der Waals surface area contributed by atoms with E-state index in [-0.39, 0.29) is 5.48 Å². The second-order valence-corrected chi connectivity index (χ2v) is 2.72. The molecule has 2 nitrogen and oxygen atoms in total. The molecule has 0 heterocycles. The molecule has 0 aliphatic carbocycles. The minimum Gasteiger partial charge on any atom is -0.412 e. The molecule has 0 spiro atoms. The van der Waals surface area contributed by atoms with Gasteiger partial charge in [-0.15, -0.1) is 0 Å². The van der Waals surface area contributed by atoms with Crippen LogP contribution < -0.4 is 0 Å². The maximum Gasteiger partial charge on any atom is 0.0966 e. The molecule has 0 unspecified atom stereocenters. The van der Waals surface area contributed by atoms with Crippen molar-refractivity contribution in [2.24, 2.45) is 0 Å². The highest BCUT2D eigenvalue weighted by Crippen LogP contribution is 1.93. The van der Waals surface area contributed by atoms with Crippen LogP contribution in [-0.4, -0.2) is 37.1 Å². The Labute approximate surface area is 57.7 Å². The van der Waals surface area contributed by atoms with E-state index < -0.39 is 0 Å². The van der Waals surface area contributed by atoms with E-state index in [0.29, 0.717) is 0 Å². The minimum atomic E-state index is 0. The maximum atomic E-state index is 3.68. The van der Waals surface area contributed by atoms with Crippen molar-refractivity contribution < 1.29 is 9.96 Å². The third-order valence-electron chi connectivity index (χ3n) is 1.48. The molecule has 2 N–H and O–H groups in total. The molecule has 0 aromatic carbocycles. The first kappa shape index (κ1) is 11.5. The van der Waals surface area contributed by atoms with Crippen molar-refractivity contribution in [3.63, 3.8) is 0 Å². The van der Waals surface area contributed by atoms with Crippen LogP contribution in [0.2, 0.25) is 0 Å². The predicted molar refractivity (Wildman–Crippen MR) is 41.3 cm³/mol. The Hall–Kier alpha value is -0.340. The molecular formula is C7H18NO+. The van der Waals surface area contributed by atoms with Crippen LogP contribution in [0.15, 0.2) is 12.7 Å². The summed E-state index contributed by atoms with van der Waals surface area (Å²) in [6.07, 6.45) is 1.96. The van der Waals surface area contributed by atoms with E-state index in [1.54, 1.807) is 0 Å². The highest BCUT2D eigenvalue weighted by Gasteiger charge is 2.06. The van der Waals surface area contributed by atoms with Crippen LogP contribution in [0.25, 0.3) is 0 Å². The molecule has 0 bridgehead atoms. The zero-order chi connectivity index (χ0) is 6.62. The predicted octanol–water partition coefficient (Wildman–Crippen LogP) is 0.444. The van der Waals surface area contributed by atoms with Crippen LogP contribution in [0.4, 0.5) is 0 Å². The Morgan fingerprint density at radius 1 is 1.44 bits per heavy atom. The summed E-state index contributed by atoms with van der Waals surface area (Å²) < 4.78 is 1.05. The van der Waals surface area contributed by atoms with Gasteiger partial charge in [0.05, 0.1) is 27.2 Å². The van der Waals surface area contributed by atoms with Crippen molar-refractivity contribution >= 4 is 0 Å². The molecule has 0 aliphatic heterocycles. The van der Waals surface area contributed by atoms with Gasteiger partial charge in [-0.3, -0.25) is 0 Å². The topological polar surface area (TPSA) is 31.5 Å². The quantitative estimate of drug-likeness (QED) is 0.394. The van der Waals surface area contributed by atoms with Crippen molar-refractivity contribution in [1.29, 1.82) is 0 Å². The van der Waals surface area contributed by atoms with Crippen molar-refractivity contribution in [1.82, 2.24) is 0 Å². The Morgan fingerprint density at radius 2 is 1.89 bits per heavy atom. The number of likely N-dealkylation sites (N-methyl/N-ethyl adjacent to an activating group) is 1. The zero-order valence-electron chi connectivity index (χ0n) is 6.65. The number of hydrogen-bond acceptors (Lipinski definition) is 0. The summed E-state index contributed by atoms with van der Waals surface area (Å²) in [7, 11) is 4.39.